The van der Waals surface area contributed by atoms with Crippen molar-refractivity contribution in [2.45, 2.75) is 48.8 Å². The number of likely N-dealkylation sites (N-methyl/N-ethyl adjacent to an activating group) is 1. The molecule has 1 spiro atoms. The van der Waals surface area contributed by atoms with Crippen LogP contribution in [0.5, 0.6) is 5.75 Å². The second-order valence-corrected chi connectivity index (χ2v) is 8.67. The Morgan fingerprint density at radius 2 is 2.12 bits per heavy atom. The van der Waals surface area contributed by atoms with Gasteiger partial charge in [-0.1, -0.05) is 6.07 Å². The standard InChI is InChI=1S/C19H22N2O4/c1-21(2)8-7-18-14-10-3-4-11(17(20)23)15(14)25-16(18)12(22)5-6-19(18,24)13(21)9-10/h3-4,13,16,24H,5-9H2,1-2H3,(H-,20,23)/p+1. The van der Waals surface area contributed by atoms with E-state index in [9.17, 15) is 14.7 Å². The van der Waals surface area contributed by atoms with Gasteiger partial charge in [0.2, 0.25) is 0 Å². The number of ether oxygens (including phenoxy) is 1. The summed E-state index contributed by atoms with van der Waals surface area (Å²) in [6, 6.07) is 3.65. The molecule has 2 aliphatic heterocycles. The quantitative estimate of drug-likeness (QED) is 0.717. The second-order valence-electron chi connectivity index (χ2n) is 8.67. The topological polar surface area (TPSA) is 89.6 Å². The summed E-state index contributed by atoms with van der Waals surface area (Å²) < 4.78 is 6.83. The maximum atomic E-state index is 12.7. The van der Waals surface area contributed by atoms with Gasteiger partial charge in [-0.25, -0.2) is 0 Å². The van der Waals surface area contributed by atoms with E-state index >= 15 is 0 Å². The van der Waals surface area contributed by atoms with Crippen LogP contribution in [0.2, 0.25) is 0 Å². The van der Waals surface area contributed by atoms with Crippen LogP contribution < -0.4 is 10.5 Å². The second kappa shape index (κ2) is 4.24. The Bertz CT molecular complexity index is 848. The zero-order chi connectivity index (χ0) is 17.8. The van der Waals surface area contributed by atoms with E-state index in [0.29, 0.717) is 30.6 Å². The van der Waals surface area contributed by atoms with E-state index in [1.54, 1.807) is 6.07 Å². The van der Waals surface area contributed by atoms with E-state index in [0.717, 1.165) is 28.6 Å². The first kappa shape index (κ1) is 15.3. The average Bonchev–Trinajstić information content (AvgIpc) is 2.90. The molecule has 4 aliphatic rings. The lowest BCUT2D eigenvalue weighted by molar-refractivity contribution is -0.931. The Balaban J connectivity index is 1.87. The third-order valence-electron chi connectivity index (χ3n) is 7.35. The summed E-state index contributed by atoms with van der Waals surface area (Å²) in [5.74, 6) is -0.0951. The summed E-state index contributed by atoms with van der Waals surface area (Å²) in [6.45, 7) is 0.861. The Morgan fingerprint density at radius 3 is 2.84 bits per heavy atom. The van der Waals surface area contributed by atoms with Gasteiger partial charge >= 0.3 is 0 Å². The van der Waals surface area contributed by atoms with Crippen molar-refractivity contribution in [3.63, 3.8) is 0 Å². The molecular formula is C19H23N2O4+. The smallest absolute Gasteiger partial charge is 0.252 e. The minimum atomic E-state index is -0.998. The van der Waals surface area contributed by atoms with E-state index in [-0.39, 0.29) is 11.8 Å². The molecule has 2 heterocycles. The van der Waals surface area contributed by atoms with Gasteiger partial charge in [0.25, 0.3) is 5.91 Å². The lowest BCUT2D eigenvalue weighted by Crippen LogP contribution is -2.79. The molecule has 25 heavy (non-hydrogen) atoms. The van der Waals surface area contributed by atoms with Crippen LogP contribution in [0.4, 0.5) is 0 Å². The third-order valence-corrected chi connectivity index (χ3v) is 7.35. The van der Waals surface area contributed by atoms with Crippen molar-refractivity contribution in [2.75, 3.05) is 20.6 Å². The van der Waals surface area contributed by atoms with Crippen molar-refractivity contribution in [1.29, 1.82) is 0 Å². The molecule has 0 aromatic heterocycles. The molecule has 6 heteroatoms. The van der Waals surface area contributed by atoms with E-state index in [4.69, 9.17) is 10.5 Å². The molecule has 3 N–H and O–H groups in total. The van der Waals surface area contributed by atoms with Crippen LogP contribution in [-0.4, -0.2) is 59.7 Å². The zero-order valence-corrected chi connectivity index (χ0v) is 14.5. The van der Waals surface area contributed by atoms with Crippen LogP contribution in [-0.2, 0) is 16.6 Å². The number of amides is 1. The summed E-state index contributed by atoms with van der Waals surface area (Å²) >= 11 is 0. The molecule has 2 aliphatic carbocycles. The van der Waals surface area contributed by atoms with Gasteiger partial charge in [0.15, 0.2) is 11.9 Å². The van der Waals surface area contributed by atoms with Crippen LogP contribution in [0.3, 0.4) is 0 Å². The van der Waals surface area contributed by atoms with Gasteiger partial charge in [-0.15, -0.1) is 0 Å². The van der Waals surface area contributed by atoms with Crippen LogP contribution in [0.15, 0.2) is 12.1 Å². The average molecular weight is 343 g/mol. The summed E-state index contributed by atoms with van der Waals surface area (Å²) in [6.07, 6.45) is 1.46. The highest BCUT2D eigenvalue weighted by atomic mass is 16.5. The Hall–Kier alpha value is -1.92. The van der Waals surface area contributed by atoms with Crippen molar-refractivity contribution >= 4 is 11.7 Å². The highest BCUT2D eigenvalue weighted by Gasteiger charge is 2.75. The van der Waals surface area contributed by atoms with Crippen LogP contribution in [0, 0.1) is 0 Å². The van der Waals surface area contributed by atoms with Gasteiger partial charge in [-0.05, 0) is 18.1 Å². The lowest BCUT2D eigenvalue weighted by Gasteiger charge is -2.63. The zero-order valence-electron chi connectivity index (χ0n) is 14.5. The summed E-state index contributed by atoms with van der Waals surface area (Å²) in [4.78, 5) is 24.7. The Labute approximate surface area is 146 Å². The number of piperidine rings is 1. The van der Waals surface area contributed by atoms with Crippen molar-refractivity contribution in [3.8, 4) is 5.75 Å². The van der Waals surface area contributed by atoms with E-state index in [1.807, 2.05) is 6.07 Å². The Morgan fingerprint density at radius 1 is 1.36 bits per heavy atom. The molecule has 1 amide bonds. The van der Waals surface area contributed by atoms with Gasteiger partial charge in [0, 0.05) is 24.8 Å². The van der Waals surface area contributed by atoms with Crippen molar-refractivity contribution in [2.24, 2.45) is 5.73 Å². The van der Waals surface area contributed by atoms with E-state index in [2.05, 4.69) is 14.1 Å². The van der Waals surface area contributed by atoms with Gasteiger partial charge in [0.1, 0.15) is 17.4 Å². The highest BCUT2D eigenvalue weighted by molar-refractivity contribution is 5.98. The first-order chi connectivity index (χ1) is 11.7. The number of carbonyl (C=O) groups is 2. The number of nitrogens with two attached hydrogens (primary N) is 1. The molecule has 1 aromatic rings. The largest absolute Gasteiger partial charge is 0.480 e. The van der Waals surface area contributed by atoms with E-state index in [1.165, 1.54) is 0 Å². The number of hydrogen-bond donors (Lipinski definition) is 2. The molecule has 4 atom stereocenters. The molecule has 1 saturated carbocycles. The molecule has 4 unspecified atom stereocenters. The van der Waals surface area contributed by atoms with Crippen LogP contribution in [0.25, 0.3) is 0 Å². The first-order valence-electron chi connectivity index (χ1n) is 8.93. The molecule has 2 bridgehead atoms. The predicted molar refractivity (Wildman–Crippen MR) is 89.3 cm³/mol. The van der Waals surface area contributed by atoms with Crippen molar-refractivity contribution < 1.29 is 23.9 Å². The molecule has 2 fully saturated rings. The molecular weight excluding hydrogens is 320 g/mol. The summed E-state index contributed by atoms with van der Waals surface area (Å²) in [7, 11) is 4.31. The summed E-state index contributed by atoms with van der Waals surface area (Å²) in [5, 5.41) is 11.9. The molecule has 6 nitrogen and oxygen atoms in total. The predicted octanol–water partition coefficient (Wildman–Crippen LogP) is 0.283. The van der Waals surface area contributed by atoms with Gasteiger partial charge in [0.05, 0.1) is 31.6 Å². The third kappa shape index (κ3) is 1.50. The van der Waals surface area contributed by atoms with Crippen molar-refractivity contribution in [3.05, 3.63) is 28.8 Å². The van der Waals surface area contributed by atoms with Crippen molar-refractivity contribution in [1.82, 2.24) is 0 Å². The summed E-state index contributed by atoms with van der Waals surface area (Å²) in [5.41, 5.74) is 6.08. The van der Waals surface area contributed by atoms with E-state index < -0.39 is 23.0 Å². The number of primary amides is 1. The van der Waals surface area contributed by atoms with Gasteiger partial charge in [-0.3, -0.25) is 9.59 Å². The minimum Gasteiger partial charge on any atom is -0.480 e. The Kier molecular flexibility index (Phi) is 2.61. The number of rotatable bonds is 1. The number of carbonyl (C=O) groups excluding carboxylic acids is 2. The molecule has 0 radical (unpaired) electrons. The van der Waals surface area contributed by atoms with Gasteiger partial charge < -0.3 is 20.1 Å². The number of aliphatic hydroxyl groups is 1. The number of Topliss-reactive ketones (excluding diaryl/α,β-unsaturated/α-hetero) is 1. The van der Waals surface area contributed by atoms with Gasteiger partial charge in [-0.2, -0.15) is 0 Å². The van der Waals surface area contributed by atoms with Crippen LogP contribution in [0.1, 0.15) is 40.7 Å². The fraction of sp³-hybridized carbons (Fsp3) is 0.579. The number of ketones is 1. The van der Waals surface area contributed by atoms with Crippen LogP contribution >= 0.6 is 0 Å². The fourth-order valence-corrected chi connectivity index (χ4v) is 6.16. The minimum absolute atomic E-state index is 0.0123. The lowest BCUT2D eigenvalue weighted by atomic mass is 9.48. The monoisotopic (exact) mass is 343 g/mol. The normalized spacial score (nSPS) is 39.6. The fourth-order valence-electron chi connectivity index (χ4n) is 6.16. The maximum Gasteiger partial charge on any atom is 0.252 e. The number of quaternary nitrogens is 1. The molecule has 1 saturated heterocycles. The molecule has 132 valence electrons. The molecule has 5 rings (SSSR count). The number of nitrogens with zero attached hydrogens (tertiary/aromatic N) is 1. The SMILES string of the molecule is C[N+]1(C)CCC23c4c5ccc(C(N)=O)c4OC2C(=O)CCC3(O)C1C5. The number of benzene rings is 1. The molecule has 1 aromatic carbocycles. The first-order valence-corrected chi connectivity index (χ1v) is 8.93. The number of hydrogen-bond acceptors (Lipinski definition) is 4. The highest BCUT2D eigenvalue weighted by Crippen LogP contribution is 2.64. The maximum absolute atomic E-state index is 12.7. The number of likely N-dealkylation sites (tertiary alicyclic amines) is 1.